The fraction of sp³-hybridized carbons (Fsp3) is 0.357. The van der Waals surface area contributed by atoms with Crippen LogP contribution in [0.2, 0.25) is 0 Å². The van der Waals surface area contributed by atoms with Gasteiger partial charge in [0.05, 0.1) is 10.3 Å². The second-order valence-electron chi connectivity index (χ2n) is 5.07. The van der Waals surface area contributed by atoms with Crippen molar-refractivity contribution in [3.8, 4) is 5.75 Å². The van der Waals surface area contributed by atoms with Crippen molar-refractivity contribution < 1.29 is 9.66 Å². The minimum absolute atomic E-state index is 0.0675. The van der Waals surface area contributed by atoms with Gasteiger partial charge in [-0.1, -0.05) is 0 Å². The lowest BCUT2D eigenvalue weighted by Gasteiger charge is -2.15. The summed E-state index contributed by atoms with van der Waals surface area (Å²) in [5, 5.41) is 12.3. The van der Waals surface area contributed by atoms with E-state index in [1.54, 1.807) is 24.5 Å². The van der Waals surface area contributed by atoms with Crippen molar-refractivity contribution in [2.45, 2.75) is 31.4 Å². The molecule has 2 N–H and O–H groups in total. The maximum absolute atomic E-state index is 11.0. The summed E-state index contributed by atoms with van der Waals surface area (Å²) in [4.78, 5) is 14.7. The second-order valence-corrected chi connectivity index (χ2v) is 5.07. The molecule has 1 aromatic carbocycles. The lowest BCUT2D eigenvalue weighted by molar-refractivity contribution is -0.383. The van der Waals surface area contributed by atoms with Crippen LogP contribution in [-0.2, 0) is 0 Å². The molecule has 6 nitrogen and oxygen atoms in total. The Morgan fingerprint density at radius 1 is 1.30 bits per heavy atom. The number of ether oxygens (including phenoxy) is 1. The summed E-state index contributed by atoms with van der Waals surface area (Å²) >= 11 is 0. The van der Waals surface area contributed by atoms with E-state index < -0.39 is 4.92 Å². The molecule has 0 aliphatic heterocycles. The van der Waals surface area contributed by atoms with Gasteiger partial charge in [-0.2, -0.15) is 0 Å². The van der Waals surface area contributed by atoms with Crippen LogP contribution in [-0.4, -0.2) is 22.1 Å². The molecular weight excluding hydrogens is 258 g/mol. The summed E-state index contributed by atoms with van der Waals surface area (Å²) in [6.07, 6.45) is 5.92. The van der Waals surface area contributed by atoms with Crippen LogP contribution >= 0.6 is 0 Å². The third-order valence-corrected chi connectivity index (χ3v) is 3.67. The lowest BCUT2D eigenvalue weighted by Crippen LogP contribution is -2.19. The number of hydrogen-bond acceptors (Lipinski definition) is 5. The summed E-state index contributed by atoms with van der Waals surface area (Å²) < 4.78 is 5.95. The highest BCUT2D eigenvalue weighted by molar-refractivity contribution is 5.94. The normalized spacial score (nSPS) is 22.1. The first-order valence-corrected chi connectivity index (χ1v) is 6.58. The SMILES string of the molecule is NC1CCC(Oc2ccc([N+](=O)[O-])c3ccncc23)C1. The van der Waals surface area contributed by atoms with Gasteiger partial charge in [0.15, 0.2) is 0 Å². The molecular formula is C14H15N3O3. The van der Waals surface area contributed by atoms with E-state index in [9.17, 15) is 10.1 Å². The van der Waals surface area contributed by atoms with Gasteiger partial charge in [-0.25, -0.2) is 0 Å². The number of fused-ring (bicyclic) bond motifs is 1. The Morgan fingerprint density at radius 2 is 2.15 bits per heavy atom. The van der Waals surface area contributed by atoms with Gasteiger partial charge in [0.1, 0.15) is 11.9 Å². The van der Waals surface area contributed by atoms with Crippen LogP contribution in [0.25, 0.3) is 10.8 Å². The average molecular weight is 273 g/mol. The highest BCUT2D eigenvalue weighted by Crippen LogP contribution is 2.34. The van der Waals surface area contributed by atoms with Gasteiger partial charge in [0.25, 0.3) is 5.69 Å². The molecule has 1 aliphatic carbocycles. The molecule has 2 unspecified atom stereocenters. The molecule has 1 aliphatic rings. The number of hydrogen-bond donors (Lipinski definition) is 1. The zero-order valence-electron chi connectivity index (χ0n) is 10.9. The standard InChI is InChI=1S/C14H15N3O3/c15-9-1-2-10(7-9)20-14-4-3-13(17(18)19)11-5-6-16-8-12(11)14/h3-6,8-10H,1-2,7,15H2. The number of non-ortho nitro benzene ring substituents is 1. The quantitative estimate of drug-likeness (QED) is 0.684. The van der Waals surface area contributed by atoms with Crippen molar-refractivity contribution in [2.75, 3.05) is 0 Å². The zero-order chi connectivity index (χ0) is 14.1. The molecule has 1 saturated carbocycles. The molecule has 104 valence electrons. The first-order valence-electron chi connectivity index (χ1n) is 6.58. The van der Waals surface area contributed by atoms with Gasteiger partial charge in [-0.05, 0) is 31.4 Å². The first-order chi connectivity index (χ1) is 9.65. The molecule has 1 fully saturated rings. The number of nitrogens with two attached hydrogens (primary N) is 1. The van der Waals surface area contributed by atoms with Gasteiger partial charge >= 0.3 is 0 Å². The molecule has 20 heavy (non-hydrogen) atoms. The molecule has 1 heterocycles. The second kappa shape index (κ2) is 5.05. The van der Waals surface area contributed by atoms with E-state index in [0.29, 0.717) is 16.5 Å². The van der Waals surface area contributed by atoms with Crippen LogP contribution in [0.4, 0.5) is 5.69 Å². The summed E-state index contributed by atoms with van der Waals surface area (Å²) in [6.45, 7) is 0. The van der Waals surface area contributed by atoms with E-state index in [1.165, 1.54) is 6.07 Å². The Balaban J connectivity index is 2.00. The van der Waals surface area contributed by atoms with Crippen molar-refractivity contribution in [3.63, 3.8) is 0 Å². The van der Waals surface area contributed by atoms with Crippen LogP contribution in [0.3, 0.4) is 0 Å². The predicted molar refractivity (Wildman–Crippen MR) is 74.6 cm³/mol. The molecule has 3 rings (SSSR count). The fourth-order valence-corrected chi connectivity index (χ4v) is 2.67. The minimum atomic E-state index is -0.391. The van der Waals surface area contributed by atoms with Gasteiger partial charge in [-0.15, -0.1) is 0 Å². The van der Waals surface area contributed by atoms with E-state index in [1.807, 2.05) is 0 Å². The Labute approximate surface area is 115 Å². The van der Waals surface area contributed by atoms with Crippen molar-refractivity contribution in [1.29, 1.82) is 0 Å². The maximum Gasteiger partial charge on any atom is 0.277 e. The van der Waals surface area contributed by atoms with E-state index in [4.69, 9.17) is 10.5 Å². The predicted octanol–water partition coefficient (Wildman–Crippen LogP) is 2.40. The smallest absolute Gasteiger partial charge is 0.277 e. The monoisotopic (exact) mass is 273 g/mol. The van der Waals surface area contributed by atoms with Crippen molar-refractivity contribution >= 4 is 16.5 Å². The van der Waals surface area contributed by atoms with E-state index in [2.05, 4.69) is 4.98 Å². The topological polar surface area (TPSA) is 91.3 Å². The van der Waals surface area contributed by atoms with Crippen molar-refractivity contribution in [3.05, 3.63) is 40.7 Å². The Bertz CT molecular complexity index is 659. The van der Waals surface area contributed by atoms with Crippen LogP contribution in [0, 0.1) is 10.1 Å². The third-order valence-electron chi connectivity index (χ3n) is 3.67. The van der Waals surface area contributed by atoms with Crippen molar-refractivity contribution in [2.24, 2.45) is 5.73 Å². The number of pyridine rings is 1. The Hall–Kier alpha value is -2.21. The van der Waals surface area contributed by atoms with Gasteiger partial charge in [0.2, 0.25) is 0 Å². The first kappa shape index (κ1) is 12.8. The average Bonchev–Trinajstić information content (AvgIpc) is 2.84. The van der Waals surface area contributed by atoms with E-state index in [0.717, 1.165) is 19.3 Å². The van der Waals surface area contributed by atoms with E-state index in [-0.39, 0.29) is 17.8 Å². The highest BCUT2D eigenvalue weighted by atomic mass is 16.6. The fourth-order valence-electron chi connectivity index (χ4n) is 2.67. The summed E-state index contributed by atoms with van der Waals surface area (Å²) in [7, 11) is 0. The number of rotatable bonds is 3. The number of benzene rings is 1. The highest BCUT2D eigenvalue weighted by Gasteiger charge is 2.24. The number of nitrogens with zero attached hydrogens (tertiary/aromatic N) is 2. The molecule has 2 aromatic rings. The largest absolute Gasteiger partial charge is 0.490 e. The zero-order valence-corrected chi connectivity index (χ0v) is 10.9. The summed E-state index contributed by atoms with van der Waals surface area (Å²) in [6, 6.07) is 4.95. The number of nitro benzene ring substituents is 1. The number of aromatic nitrogens is 1. The van der Waals surface area contributed by atoms with E-state index >= 15 is 0 Å². The Kier molecular flexibility index (Phi) is 3.23. The molecule has 0 bridgehead atoms. The molecule has 0 saturated heterocycles. The van der Waals surface area contributed by atoms with Gasteiger partial charge in [0, 0.05) is 29.9 Å². The van der Waals surface area contributed by atoms with Crippen LogP contribution in [0.5, 0.6) is 5.75 Å². The molecule has 0 radical (unpaired) electrons. The molecule has 1 aromatic heterocycles. The molecule has 2 atom stereocenters. The Morgan fingerprint density at radius 3 is 2.85 bits per heavy atom. The van der Waals surface area contributed by atoms with Crippen molar-refractivity contribution in [1.82, 2.24) is 4.98 Å². The number of nitro groups is 1. The van der Waals surface area contributed by atoms with Gasteiger partial charge in [-0.3, -0.25) is 15.1 Å². The maximum atomic E-state index is 11.0. The molecule has 6 heteroatoms. The summed E-state index contributed by atoms with van der Waals surface area (Å²) in [5.41, 5.74) is 5.94. The lowest BCUT2D eigenvalue weighted by atomic mass is 10.1. The third kappa shape index (κ3) is 2.30. The minimum Gasteiger partial charge on any atom is -0.490 e. The van der Waals surface area contributed by atoms with Crippen LogP contribution in [0.15, 0.2) is 30.6 Å². The van der Waals surface area contributed by atoms with Crippen LogP contribution in [0.1, 0.15) is 19.3 Å². The van der Waals surface area contributed by atoms with Crippen LogP contribution < -0.4 is 10.5 Å². The molecule has 0 spiro atoms. The van der Waals surface area contributed by atoms with Gasteiger partial charge < -0.3 is 10.5 Å². The molecule has 0 amide bonds. The summed E-state index contributed by atoms with van der Waals surface area (Å²) in [5.74, 6) is 0.637.